The minimum absolute atomic E-state index is 0.00197. The Morgan fingerprint density at radius 1 is 1.13 bits per heavy atom. The molecule has 5 nitrogen and oxygen atoms in total. The summed E-state index contributed by atoms with van der Waals surface area (Å²) in [7, 11) is 0. The number of thiazole rings is 1. The first kappa shape index (κ1) is 20.7. The largest absolute Gasteiger partial charge is 0.379 e. The first-order valence-corrected chi connectivity index (χ1v) is 11.2. The van der Waals surface area contributed by atoms with Crippen LogP contribution in [0.2, 0.25) is 0 Å². The van der Waals surface area contributed by atoms with Crippen molar-refractivity contribution in [2.45, 2.75) is 19.4 Å². The average Bonchev–Trinajstić information content (AvgIpc) is 3.23. The number of nitrogens with one attached hydrogen (secondary N) is 1. The number of benzene rings is 2. The van der Waals surface area contributed by atoms with Crippen LogP contribution in [-0.4, -0.2) is 48.6 Å². The number of morpholine rings is 1. The molecule has 1 fully saturated rings. The lowest BCUT2D eigenvalue weighted by Crippen LogP contribution is -2.43. The van der Waals surface area contributed by atoms with Crippen LogP contribution in [0, 0.1) is 6.92 Å². The van der Waals surface area contributed by atoms with E-state index in [1.807, 2.05) is 23.6 Å². The van der Waals surface area contributed by atoms with Gasteiger partial charge in [0.1, 0.15) is 5.01 Å². The van der Waals surface area contributed by atoms with Gasteiger partial charge in [0.25, 0.3) is 0 Å². The van der Waals surface area contributed by atoms with Gasteiger partial charge in [0, 0.05) is 30.6 Å². The Hall–Kier alpha value is -2.54. The van der Waals surface area contributed by atoms with Crippen LogP contribution in [0.5, 0.6) is 0 Å². The first-order valence-electron chi connectivity index (χ1n) is 10.3. The second-order valence-electron chi connectivity index (χ2n) is 7.63. The van der Waals surface area contributed by atoms with Crippen LogP contribution >= 0.6 is 11.3 Å². The van der Waals surface area contributed by atoms with Crippen molar-refractivity contribution >= 4 is 17.2 Å². The summed E-state index contributed by atoms with van der Waals surface area (Å²) in [5.74, 6) is -0.00197. The van der Waals surface area contributed by atoms with E-state index in [4.69, 9.17) is 4.74 Å². The van der Waals surface area contributed by atoms with Crippen molar-refractivity contribution in [2.75, 3.05) is 32.8 Å². The second kappa shape index (κ2) is 9.98. The van der Waals surface area contributed by atoms with Crippen LogP contribution in [0.4, 0.5) is 0 Å². The predicted octanol–water partition coefficient (Wildman–Crippen LogP) is 3.85. The van der Waals surface area contributed by atoms with E-state index in [1.165, 1.54) is 5.56 Å². The molecule has 6 heteroatoms. The highest BCUT2D eigenvalue weighted by Gasteiger charge is 2.20. The van der Waals surface area contributed by atoms with Crippen LogP contribution in [-0.2, 0) is 16.0 Å². The molecular weight excluding hydrogens is 394 g/mol. The summed E-state index contributed by atoms with van der Waals surface area (Å²) < 4.78 is 5.46. The zero-order chi connectivity index (χ0) is 20.8. The molecule has 1 aliphatic rings. The van der Waals surface area contributed by atoms with Crippen LogP contribution in [0.15, 0.2) is 60.0 Å². The van der Waals surface area contributed by atoms with Gasteiger partial charge < -0.3 is 10.1 Å². The van der Waals surface area contributed by atoms with Gasteiger partial charge in [-0.1, -0.05) is 60.2 Å². The fourth-order valence-electron chi connectivity index (χ4n) is 3.59. The third-order valence-electron chi connectivity index (χ3n) is 5.27. The maximum atomic E-state index is 12.8. The van der Waals surface area contributed by atoms with Crippen molar-refractivity contribution in [3.05, 3.63) is 76.8 Å². The Balaban J connectivity index is 1.41. The first-order chi connectivity index (χ1) is 14.7. The van der Waals surface area contributed by atoms with Crippen LogP contribution in [0.3, 0.4) is 0 Å². The van der Waals surface area contributed by atoms with Gasteiger partial charge >= 0.3 is 0 Å². The summed E-state index contributed by atoms with van der Waals surface area (Å²) >= 11 is 1.58. The van der Waals surface area contributed by atoms with Gasteiger partial charge in [0.2, 0.25) is 5.91 Å². The van der Waals surface area contributed by atoms with E-state index < -0.39 is 0 Å². The standard InChI is InChI=1S/C24H27N3O2S/c1-18-7-9-20(10-8-18)24-25-21(17-30-24)15-23(28)26-22(19-5-3-2-4-6-19)16-27-11-13-29-14-12-27/h2-10,17,22H,11-16H2,1H3,(H,26,28). The Morgan fingerprint density at radius 3 is 2.60 bits per heavy atom. The lowest BCUT2D eigenvalue weighted by Gasteiger charge is -2.31. The number of carbonyl (C=O) groups excluding carboxylic acids is 1. The highest BCUT2D eigenvalue weighted by atomic mass is 32.1. The van der Waals surface area contributed by atoms with Gasteiger partial charge in [-0.05, 0) is 12.5 Å². The molecule has 156 valence electrons. The number of nitrogens with zero attached hydrogens (tertiary/aromatic N) is 2. The van der Waals surface area contributed by atoms with Crippen molar-refractivity contribution < 1.29 is 9.53 Å². The number of ether oxygens (including phenoxy) is 1. The molecule has 0 radical (unpaired) electrons. The maximum Gasteiger partial charge on any atom is 0.226 e. The Morgan fingerprint density at radius 2 is 1.87 bits per heavy atom. The third-order valence-corrected chi connectivity index (χ3v) is 6.21. The topological polar surface area (TPSA) is 54.5 Å². The van der Waals surface area contributed by atoms with E-state index in [9.17, 15) is 4.79 Å². The number of aromatic nitrogens is 1. The minimum atomic E-state index is -0.0491. The molecule has 2 aromatic carbocycles. The summed E-state index contributed by atoms with van der Waals surface area (Å²) in [6, 6.07) is 18.4. The molecule has 1 aromatic heterocycles. The SMILES string of the molecule is Cc1ccc(-c2nc(CC(=O)NC(CN3CCOCC3)c3ccccc3)cs2)cc1. The molecule has 1 aliphatic heterocycles. The van der Waals surface area contributed by atoms with Crippen molar-refractivity contribution in [3.63, 3.8) is 0 Å². The van der Waals surface area contributed by atoms with Crippen molar-refractivity contribution in [3.8, 4) is 10.6 Å². The number of aryl methyl sites for hydroxylation is 1. The summed E-state index contributed by atoms with van der Waals surface area (Å²) in [6.45, 7) is 6.13. The van der Waals surface area contributed by atoms with E-state index in [1.54, 1.807) is 11.3 Å². The summed E-state index contributed by atoms with van der Waals surface area (Å²) in [6.07, 6.45) is 0.287. The molecule has 1 saturated heterocycles. The van der Waals surface area contributed by atoms with Gasteiger partial charge in [0.05, 0.1) is 31.4 Å². The Kier molecular flexibility index (Phi) is 6.89. The quantitative estimate of drug-likeness (QED) is 0.630. The van der Waals surface area contributed by atoms with Gasteiger partial charge in [0.15, 0.2) is 0 Å². The molecule has 30 heavy (non-hydrogen) atoms. The number of hydrogen-bond acceptors (Lipinski definition) is 5. The molecular formula is C24H27N3O2S. The van der Waals surface area contributed by atoms with Crippen molar-refractivity contribution in [1.82, 2.24) is 15.2 Å². The zero-order valence-electron chi connectivity index (χ0n) is 17.2. The van der Waals surface area contributed by atoms with Crippen molar-refractivity contribution in [1.29, 1.82) is 0 Å². The molecule has 1 atom stereocenters. The fourth-order valence-corrected chi connectivity index (χ4v) is 4.41. The van der Waals surface area contributed by atoms with Gasteiger partial charge in [-0.15, -0.1) is 11.3 Å². The Bertz CT molecular complexity index is 950. The van der Waals surface area contributed by atoms with Gasteiger partial charge in [-0.2, -0.15) is 0 Å². The van der Waals surface area contributed by atoms with Crippen molar-refractivity contribution in [2.24, 2.45) is 0 Å². The molecule has 1 N–H and O–H groups in total. The number of rotatable bonds is 7. The lowest BCUT2D eigenvalue weighted by atomic mass is 10.1. The second-order valence-corrected chi connectivity index (χ2v) is 8.49. The minimum Gasteiger partial charge on any atom is -0.379 e. The molecule has 0 saturated carbocycles. The highest BCUT2D eigenvalue weighted by molar-refractivity contribution is 7.13. The fraction of sp³-hybridized carbons (Fsp3) is 0.333. The smallest absolute Gasteiger partial charge is 0.226 e. The predicted molar refractivity (Wildman–Crippen MR) is 121 cm³/mol. The number of carbonyl (C=O) groups is 1. The normalized spacial score (nSPS) is 15.6. The van der Waals surface area contributed by atoms with E-state index in [0.717, 1.165) is 54.7 Å². The van der Waals surface area contributed by atoms with Crippen LogP contribution in [0.1, 0.15) is 22.9 Å². The molecule has 1 unspecified atom stereocenters. The molecule has 1 amide bonds. The lowest BCUT2D eigenvalue weighted by molar-refractivity contribution is -0.121. The Labute approximate surface area is 181 Å². The van der Waals surface area contributed by atoms with Crippen LogP contribution in [0.25, 0.3) is 10.6 Å². The van der Waals surface area contributed by atoms with E-state index in [2.05, 4.69) is 58.5 Å². The number of amides is 1. The molecule has 0 aliphatic carbocycles. The molecule has 0 bridgehead atoms. The monoisotopic (exact) mass is 421 g/mol. The number of hydrogen-bond donors (Lipinski definition) is 1. The molecule has 4 rings (SSSR count). The van der Waals surface area contributed by atoms with Gasteiger partial charge in [-0.3, -0.25) is 9.69 Å². The maximum absolute atomic E-state index is 12.8. The highest BCUT2D eigenvalue weighted by Crippen LogP contribution is 2.24. The molecule has 3 aromatic rings. The zero-order valence-corrected chi connectivity index (χ0v) is 18.0. The van der Waals surface area contributed by atoms with E-state index >= 15 is 0 Å². The molecule has 2 heterocycles. The van der Waals surface area contributed by atoms with E-state index in [0.29, 0.717) is 0 Å². The van der Waals surface area contributed by atoms with Gasteiger partial charge in [-0.25, -0.2) is 4.98 Å². The van der Waals surface area contributed by atoms with E-state index in [-0.39, 0.29) is 18.4 Å². The average molecular weight is 422 g/mol. The summed E-state index contributed by atoms with van der Waals surface area (Å²) in [5, 5.41) is 6.16. The molecule has 0 spiro atoms. The summed E-state index contributed by atoms with van der Waals surface area (Å²) in [5.41, 5.74) is 4.25. The van der Waals surface area contributed by atoms with Crippen LogP contribution < -0.4 is 5.32 Å². The third kappa shape index (κ3) is 5.53. The summed E-state index contributed by atoms with van der Waals surface area (Å²) in [4.78, 5) is 19.9.